The number of anilines is 5. The maximum Gasteiger partial charge on any atom is 0.259 e. The third-order valence-corrected chi connectivity index (χ3v) is 34.2. The summed E-state index contributed by atoms with van der Waals surface area (Å²) in [6.45, 7) is 13.2. The van der Waals surface area contributed by atoms with Crippen molar-refractivity contribution in [3.05, 3.63) is 377 Å². The van der Waals surface area contributed by atoms with E-state index in [0.29, 0.717) is 215 Å². The number of hydrogen-bond donors (Lipinski definition) is 0. The maximum absolute atomic E-state index is 13.2. The molecule has 0 spiro atoms. The quantitative estimate of drug-likeness (QED) is 0.0711. The highest BCUT2D eigenvalue weighted by atomic mass is 35.5. The van der Waals surface area contributed by atoms with Crippen LogP contribution in [0.3, 0.4) is 0 Å². The van der Waals surface area contributed by atoms with Gasteiger partial charge in [0.25, 0.3) is 5.91 Å². The van der Waals surface area contributed by atoms with Gasteiger partial charge >= 0.3 is 0 Å². The predicted octanol–water partition coefficient (Wildman–Crippen LogP) is 33.0. The van der Waals surface area contributed by atoms with Gasteiger partial charge in [-0.15, -0.1) is 11.3 Å². The number of amides is 5. The Balaban J connectivity index is 0.000000133. The van der Waals surface area contributed by atoms with Crippen molar-refractivity contribution in [1.29, 1.82) is 0 Å². The average Bonchev–Trinajstić information content (AvgIpc) is 1.76. The van der Waals surface area contributed by atoms with Crippen LogP contribution in [0, 0.1) is 25.7 Å². The van der Waals surface area contributed by atoms with E-state index in [9.17, 15) is 24.0 Å². The molecule has 7 aliphatic rings. The Morgan fingerprint density at radius 2 is 0.584 bits per heavy atom. The summed E-state index contributed by atoms with van der Waals surface area (Å²) in [6.07, 6.45) is 15.9. The van der Waals surface area contributed by atoms with Crippen LogP contribution in [0.1, 0.15) is 174 Å². The van der Waals surface area contributed by atoms with E-state index >= 15 is 0 Å². The number of rotatable bonds is 19. The van der Waals surface area contributed by atoms with E-state index in [-0.39, 0.29) is 59.7 Å². The number of carbonyl (C=O) groups is 5. The zero-order chi connectivity index (χ0) is 105. The highest BCUT2D eigenvalue weighted by Gasteiger charge is 2.40. The lowest BCUT2D eigenvalue weighted by Gasteiger charge is -2.43. The van der Waals surface area contributed by atoms with E-state index in [4.69, 9.17) is 179 Å². The molecule has 5 aliphatic heterocycles. The van der Waals surface area contributed by atoms with Crippen molar-refractivity contribution in [2.24, 2.45) is 11.8 Å². The van der Waals surface area contributed by atoms with Crippen LogP contribution in [0.5, 0.6) is 0 Å². The van der Waals surface area contributed by atoms with Gasteiger partial charge in [-0.1, -0.05) is 291 Å². The van der Waals surface area contributed by atoms with Gasteiger partial charge in [0.05, 0.1) is 102 Å². The van der Waals surface area contributed by atoms with Crippen molar-refractivity contribution in [3.8, 4) is 0 Å². The normalized spacial score (nSPS) is 18.3. The van der Waals surface area contributed by atoms with E-state index in [2.05, 4.69) is 29.7 Å². The zero-order valence-corrected chi connectivity index (χ0v) is 95.3. The van der Waals surface area contributed by atoms with Gasteiger partial charge in [-0.3, -0.25) is 24.0 Å². The van der Waals surface area contributed by atoms with E-state index in [1.165, 1.54) is 70.6 Å². The van der Waals surface area contributed by atoms with Crippen LogP contribution in [-0.2, 0) is 32.0 Å². The number of nitrogens with zero attached hydrogens (tertiary/aromatic N) is 11. The molecule has 20 rings (SSSR count). The Bertz CT molecular complexity index is 6510. The number of halogens is 15. The maximum atomic E-state index is 13.2. The van der Waals surface area contributed by atoms with Gasteiger partial charge in [-0.05, 0) is 265 Å². The lowest BCUT2D eigenvalue weighted by molar-refractivity contribution is -0.134. The second-order valence-corrected chi connectivity index (χ2v) is 46.6. The molecule has 5 saturated heterocycles. The molecule has 7 fully saturated rings. The van der Waals surface area contributed by atoms with Gasteiger partial charge < -0.3 is 53.5 Å². The Hall–Kier alpha value is -8.49. The third kappa shape index (κ3) is 30.2. The summed E-state index contributed by atoms with van der Waals surface area (Å²) in [6, 6.07) is 72.7. The molecule has 0 bridgehead atoms. The van der Waals surface area contributed by atoms with Crippen LogP contribution in [0.25, 0.3) is 0 Å². The molecule has 5 amide bonds. The summed E-state index contributed by atoms with van der Waals surface area (Å²) in [7, 11) is 0. The summed E-state index contributed by atoms with van der Waals surface area (Å²) in [4.78, 5) is 87.5. The molecular formula is C115H114Cl15N11O6S2. The van der Waals surface area contributed by atoms with E-state index in [0.717, 1.165) is 79.8 Å². The molecule has 17 nitrogen and oxygen atoms in total. The van der Waals surface area contributed by atoms with Gasteiger partial charge in [0.2, 0.25) is 23.6 Å². The molecule has 782 valence electrons. The van der Waals surface area contributed by atoms with E-state index in [1.807, 2.05) is 241 Å². The molecule has 2 aliphatic carbocycles. The van der Waals surface area contributed by atoms with Crippen molar-refractivity contribution >= 4 is 255 Å². The molecule has 2 saturated carbocycles. The first-order chi connectivity index (χ1) is 71.9. The van der Waals surface area contributed by atoms with Crippen LogP contribution in [-0.4, -0.2) is 157 Å². The third-order valence-electron chi connectivity index (χ3n) is 28.7. The molecule has 3 aromatic heterocycles. The summed E-state index contributed by atoms with van der Waals surface area (Å²) >= 11 is 96.9. The Morgan fingerprint density at radius 1 is 0.309 bits per heavy atom. The number of hydrogen-bond acceptors (Lipinski definition) is 14. The van der Waals surface area contributed by atoms with Crippen LogP contribution in [0.15, 0.2) is 251 Å². The number of benzene rings is 10. The van der Waals surface area contributed by atoms with Crippen molar-refractivity contribution in [1.82, 2.24) is 29.7 Å². The Labute approximate surface area is 955 Å². The molecule has 5 unspecified atom stereocenters. The molecule has 149 heavy (non-hydrogen) atoms. The van der Waals surface area contributed by atoms with Gasteiger partial charge in [0.15, 0.2) is 0 Å². The molecule has 0 N–H and O–H groups in total. The zero-order valence-electron chi connectivity index (χ0n) is 82.3. The van der Waals surface area contributed by atoms with Gasteiger partial charge in [-0.25, -0.2) is 0 Å². The fraction of sp³-hybridized carbons (Fsp3) is 0.339. The molecule has 10 aromatic carbocycles. The lowest BCUT2D eigenvalue weighted by Crippen LogP contribution is -2.51. The molecule has 5 atom stereocenters. The van der Waals surface area contributed by atoms with Crippen LogP contribution in [0.4, 0.5) is 28.4 Å². The van der Waals surface area contributed by atoms with Crippen molar-refractivity contribution in [3.63, 3.8) is 0 Å². The Kier molecular flexibility index (Phi) is 41.0. The topological polar surface area (TPSA) is 144 Å². The minimum atomic E-state index is -0.0980. The predicted molar refractivity (Wildman–Crippen MR) is 621 cm³/mol. The molecule has 8 heterocycles. The number of carbonyl (C=O) groups excluding carboxylic acids is 5. The molecule has 13 aromatic rings. The first-order valence-electron chi connectivity index (χ1n) is 50.1. The highest BCUT2D eigenvalue weighted by molar-refractivity contribution is 7.10. The largest absolute Gasteiger partial charge is 0.361 e. The minimum Gasteiger partial charge on any atom is -0.361 e. The highest BCUT2D eigenvalue weighted by Crippen LogP contribution is 2.46. The standard InChI is InChI=1S/C25H29Cl3N2O.C24H27Cl3N2O.C22H20Cl3N3O2.2C22H19Cl3N2OS/c26-20-9-7-19(8-10-20)24-17-29(25(31)15-18-5-3-1-2-4-6-18)13-14-30(24)23-12-11-21(27)16-22(23)28;25-19-8-6-18(7-9-19)23-16-28(24(30)14-17-4-2-1-3-5-17)12-13-29(23)22-11-10-20(26)15-21(22)27;1-13-21(14(2)30-26-13)22(29)27-9-10-28(19-8-7-17(24)11-18(19)25)20(12-27)15-3-5-16(23)6-4-15;23-17-3-1-16(2-4-17)21-13-26(22(28)11-15-7-10-29-14-15)8-9-27(21)20-6-5-18(24)12-19(20)25;23-16-5-3-15(4-6-16)21-14-26(22(28)13-18-2-1-11-29-18)9-10-27(21)20-8-7-17(24)12-19(20)25/h7-12,16,18,24H,1-6,13-15,17H2;6-11,15,17,23H,1-5,12-14,16H2;3-8,11,20H,9-10,12H2,1-2H3;1-7,10,12,14,21H,8-9,11,13H2;1-8,11-12,21H,9-10,13-14H2. The van der Waals surface area contributed by atoms with Gasteiger partial charge in [0, 0.05) is 166 Å². The van der Waals surface area contributed by atoms with Crippen LogP contribution < -0.4 is 24.5 Å². The number of aryl methyl sites for hydroxylation is 2. The molecule has 34 heteroatoms. The van der Waals surface area contributed by atoms with E-state index in [1.54, 1.807) is 66.9 Å². The lowest BCUT2D eigenvalue weighted by atomic mass is 9.86. The summed E-state index contributed by atoms with van der Waals surface area (Å²) in [5, 5.41) is 19.5. The monoisotopic (exact) mass is 2330 g/mol. The van der Waals surface area contributed by atoms with Crippen molar-refractivity contribution in [2.45, 2.75) is 140 Å². The van der Waals surface area contributed by atoms with Gasteiger partial charge in [0.1, 0.15) is 11.3 Å². The first kappa shape index (κ1) is 113. The van der Waals surface area contributed by atoms with Crippen LogP contribution >= 0.6 is 197 Å². The fourth-order valence-corrected chi connectivity index (χ4v) is 25.5. The van der Waals surface area contributed by atoms with Crippen LogP contribution in [0.2, 0.25) is 75.3 Å². The smallest absolute Gasteiger partial charge is 0.259 e. The second kappa shape index (κ2) is 54.1. The summed E-state index contributed by atoms with van der Waals surface area (Å²) in [5.41, 5.74) is 12.3. The van der Waals surface area contributed by atoms with Crippen molar-refractivity contribution < 1.29 is 28.5 Å². The molecular weight excluding hydrogens is 2230 g/mol. The number of aromatic nitrogens is 1. The number of thiophene rings is 2. The summed E-state index contributed by atoms with van der Waals surface area (Å²) in [5.74, 6) is 2.39. The Morgan fingerprint density at radius 3 is 0.852 bits per heavy atom. The SMILES string of the molecule is Cc1noc(C)c1C(=O)N1CCN(c2ccc(Cl)cc2Cl)C(c2ccc(Cl)cc2)C1.O=C(CC1CCCCC1)N1CCN(c2ccc(Cl)cc2Cl)C(c2ccc(Cl)cc2)C1.O=C(CC1CCCCCC1)N1CCN(c2ccc(Cl)cc2Cl)C(c2ccc(Cl)cc2)C1.O=C(Cc1cccs1)N1CCN(c2ccc(Cl)cc2Cl)C(c2ccc(Cl)cc2)C1.O=C(Cc1ccsc1)N1CCN(c2ccc(Cl)cc2Cl)C(c2ccc(Cl)cc2)C1. The van der Waals surface area contributed by atoms with Gasteiger partial charge in [-0.2, -0.15) is 11.3 Å². The number of piperazine rings is 5. The second-order valence-electron chi connectivity index (χ2n) is 38.4. The minimum absolute atomic E-state index is 0.0165. The average molecular weight is 2340 g/mol. The van der Waals surface area contributed by atoms with Crippen molar-refractivity contribution in [2.75, 3.05) is 123 Å². The fourth-order valence-electron chi connectivity index (χ4n) is 20.9. The first-order valence-corrected chi connectivity index (χ1v) is 57.6. The van der Waals surface area contributed by atoms with E-state index < -0.39 is 0 Å². The molecule has 0 radical (unpaired) electrons. The summed E-state index contributed by atoms with van der Waals surface area (Å²) < 4.78 is 5.20.